The van der Waals surface area contributed by atoms with Crippen LogP contribution in [0.25, 0.3) is 5.41 Å². The molecule has 42 heavy (non-hydrogen) atoms. The summed E-state index contributed by atoms with van der Waals surface area (Å²) in [4.78, 5) is 4.05. The van der Waals surface area contributed by atoms with Gasteiger partial charge in [-0.2, -0.15) is 49.2 Å². The molecule has 1 heterocycles. The Kier molecular flexibility index (Phi) is 15.1. The molecule has 0 N–H and O–H groups in total. The van der Waals surface area contributed by atoms with E-state index in [4.69, 9.17) is 0 Å². The van der Waals surface area contributed by atoms with Gasteiger partial charge >= 0.3 is 21.7 Å². The minimum atomic E-state index is 0. The molecule has 2 fully saturated rings. The molecule has 0 aromatic heterocycles. The van der Waals surface area contributed by atoms with Crippen LogP contribution in [-0.4, -0.2) is 19.0 Å². The van der Waals surface area contributed by atoms with E-state index < -0.39 is 0 Å². The van der Waals surface area contributed by atoms with E-state index in [2.05, 4.69) is 77.9 Å². The Balaban J connectivity index is 0.000000249. The molecule has 3 nitrogen and oxygen atoms in total. The molecule has 4 aromatic rings. The summed E-state index contributed by atoms with van der Waals surface area (Å²) in [6, 6.07) is 32.2. The van der Waals surface area contributed by atoms with E-state index in [0.717, 1.165) is 35.6 Å². The molecule has 4 aromatic carbocycles. The van der Waals surface area contributed by atoms with Gasteiger partial charge in [0.2, 0.25) is 0 Å². The van der Waals surface area contributed by atoms with E-state index >= 15 is 0 Å². The maximum atomic E-state index is 10.8. The van der Waals surface area contributed by atoms with Gasteiger partial charge in [0.1, 0.15) is 0 Å². The Morgan fingerprint density at radius 2 is 0.762 bits per heavy atom. The van der Waals surface area contributed by atoms with Crippen molar-refractivity contribution in [3.8, 4) is 0 Å². The van der Waals surface area contributed by atoms with Crippen molar-refractivity contribution in [3.05, 3.63) is 182 Å². The Hall–Kier alpha value is -3.40. The smallest absolute Gasteiger partial charge is 0.397 e. The maximum absolute atomic E-state index is 10.8. The molecule has 4 heteroatoms. The van der Waals surface area contributed by atoms with Crippen LogP contribution in [0.15, 0.2) is 97.1 Å². The van der Waals surface area contributed by atoms with Crippen LogP contribution < -0.4 is 9.80 Å². The predicted octanol–water partition coefficient (Wildman–Crippen LogP) is 8.93. The summed E-state index contributed by atoms with van der Waals surface area (Å²) in [7, 11) is 0. The van der Waals surface area contributed by atoms with Crippen molar-refractivity contribution in [1.82, 2.24) is 0 Å². The molecule has 0 bridgehead atoms. The number of rotatable bonds is 2. The number of para-hydroxylation sites is 2. The number of aryl methyl sites for hydroxylation is 4. The topological polar surface area (TPSA) is 28.8 Å². The van der Waals surface area contributed by atoms with Crippen molar-refractivity contribution in [3.63, 3.8) is 0 Å². The van der Waals surface area contributed by atoms with Crippen molar-refractivity contribution in [1.29, 1.82) is 0 Å². The van der Waals surface area contributed by atoms with Gasteiger partial charge in [-0.15, -0.1) is 24.3 Å². The van der Waals surface area contributed by atoms with Crippen LogP contribution in [0.5, 0.6) is 0 Å². The molecule has 1 aliphatic carbocycles. The van der Waals surface area contributed by atoms with E-state index in [-0.39, 0.29) is 21.7 Å². The second-order valence-electron chi connectivity index (χ2n) is 10.0. The zero-order valence-corrected chi connectivity index (χ0v) is 26.9. The van der Waals surface area contributed by atoms with Gasteiger partial charge in [-0.05, 0) is 107 Å². The number of benzene rings is 4. The molecule has 1 saturated heterocycles. The summed E-state index contributed by atoms with van der Waals surface area (Å²) in [5.41, 5.74) is 9.14. The van der Waals surface area contributed by atoms with Gasteiger partial charge in [0.15, 0.2) is 0 Å². The third kappa shape index (κ3) is 10.5. The summed E-state index contributed by atoms with van der Waals surface area (Å²) < 4.78 is 0. The first-order chi connectivity index (χ1) is 19.8. The van der Waals surface area contributed by atoms with Gasteiger partial charge < -0.3 is 15.2 Å². The largest absolute Gasteiger partial charge is 4.00 e. The van der Waals surface area contributed by atoms with E-state index in [1.165, 1.54) is 22.3 Å². The average Bonchev–Trinajstić information content (AvgIpc) is 3.65. The molecule has 1 saturated carbocycles. The van der Waals surface area contributed by atoms with Gasteiger partial charge in [-0.1, -0.05) is 48.5 Å². The molecule has 211 valence electrons. The van der Waals surface area contributed by atoms with Crippen LogP contribution in [0, 0.1) is 73.6 Å². The number of hydrogen-bond donors (Lipinski definition) is 0. The first-order valence-electron chi connectivity index (χ1n) is 13.9. The fraction of sp³-hybridized carbons (Fsp3) is 0.158. The SMILES string of the molecule is Cc1cccc(C)c1N1CCN(c2c(C)cccc2C)C1=[N-].[CH2-]c1ccccc1.[CH2-]c1ccccc1.[CH]1[CH][CH][CH][CH]1.[Ti+4]. The van der Waals surface area contributed by atoms with Gasteiger partial charge in [-0.25, -0.2) is 0 Å². The average molecular weight is 588 g/mol. The van der Waals surface area contributed by atoms with Gasteiger partial charge in [0.25, 0.3) is 0 Å². The molecule has 6 rings (SSSR count). The van der Waals surface area contributed by atoms with Crippen molar-refractivity contribution in [2.24, 2.45) is 0 Å². The number of anilines is 2. The second-order valence-corrected chi connectivity index (χ2v) is 10.0. The summed E-state index contributed by atoms with van der Waals surface area (Å²) >= 11 is 0. The molecule has 1 aliphatic heterocycles. The van der Waals surface area contributed by atoms with E-state index in [1.807, 2.05) is 103 Å². The predicted molar refractivity (Wildman–Crippen MR) is 178 cm³/mol. The Morgan fingerprint density at radius 1 is 0.476 bits per heavy atom. The molecule has 0 amide bonds. The van der Waals surface area contributed by atoms with E-state index in [9.17, 15) is 5.41 Å². The van der Waals surface area contributed by atoms with Gasteiger partial charge in [0, 0.05) is 5.96 Å². The first kappa shape index (κ1) is 34.8. The Labute approximate surface area is 270 Å². The standard InChI is InChI=1S/C19H22N3.2C7H7.C5H5.Ti/c1-13-7-5-8-14(2)17(13)21-11-12-22(19(21)20)18-15(3)9-6-10-16(18)4;2*1-7-5-3-2-4-6-7;1-2-4-5-3-1;/h5-10H,11-12H2,1-4H3;2*2-6H,1H2;1-5H;/q3*-1;;+4. The fourth-order valence-electron chi connectivity index (χ4n) is 4.71. The van der Waals surface area contributed by atoms with Crippen LogP contribution >= 0.6 is 0 Å². The fourth-order valence-corrected chi connectivity index (χ4v) is 4.71. The van der Waals surface area contributed by atoms with Crippen molar-refractivity contribution in [2.75, 3.05) is 22.9 Å². The monoisotopic (exact) mass is 587 g/mol. The summed E-state index contributed by atoms with van der Waals surface area (Å²) in [6.45, 7) is 17.4. The zero-order valence-electron chi connectivity index (χ0n) is 25.3. The van der Waals surface area contributed by atoms with Crippen LogP contribution in [0.1, 0.15) is 33.4 Å². The van der Waals surface area contributed by atoms with Crippen LogP contribution in [0.2, 0.25) is 0 Å². The van der Waals surface area contributed by atoms with Crippen LogP contribution in [0.4, 0.5) is 11.4 Å². The van der Waals surface area contributed by atoms with Crippen molar-refractivity contribution in [2.45, 2.75) is 27.7 Å². The molecular weight excluding hydrogens is 546 g/mol. The minimum absolute atomic E-state index is 0. The molecule has 2 aliphatic rings. The zero-order chi connectivity index (χ0) is 29.6. The van der Waals surface area contributed by atoms with Crippen LogP contribution in [-0.2, 0) is 21.7 Å². The third-order valence-corrected chi connectivity index (χ3v) is 6.69. The molecule has 0 spiro atoms. The summed E-state index contributed by atoms with van der Waals surface area (Å²) in [6.07, 6.45) is 10.0. The second kappa shape index (κ2) is 18.2. The van der Waals surface area contributed by atoms with E-state index in [0.29, 0.717) is 5.96 Å². The minimum Gasteiger partial charge on any atom is -0.397 e. The summed E-state index contributed by atoms with van der Waals surface area (Å²) in [5, 5.41) is 10.8. The molecule has 5 radical (unpaired) electrons. The number of nitrogens with zero attached hydrogens (tertiary/aromatic N) is 3. The van der Waals surface area contributed by atoms with Crippen LogP contribution in [0.3, 0.4) is 0 Å². The Bertz CT molecular complexity index is 1200. The normalized spacial score (nSPS) is 13.5. The first-order valence-corrected chi connectivity index (χ1v) is 13.9. The maximum Gasteiger partial charge on any atom is 4.00 e. The van der Waals surface area contributed by atoms with Crippen molar-refractivity contribution < 1.29 is 21.7 Å². The Morgan fingerprint density at radius 3 is 1.00 bits per heavy atom. The molecule has 0 atom stereocenters. The van der Waals surface area contributed by atoms with E-state index in [1.54, 1.807) is 0 Å². The van der Waals surface area contributed by atoms with Crippen molar-refractivity contribution >= 4 is 17.3 Å². The third-order valence-electron chi connectivity index (χ3n) is 6.69. The molecule has 0 unspecified atom stereocenters. The summed E-state index contributed by atoms with van der Waals surface area (Å²) in [5.74, 6) is 0.329. The van der Waals surface area contributed by atoms with Gasteiger partial charge in [0.05, 0.1) is 0 Å². The number of guanidine groups is 1. The number of hydrogen-bond acceptors (Lipinski definition) is 0. The van der Waals surface area contributed by atoms with Gasteiger partial charge in [-0.3, -0.25) is 0 Å². The quantitative estimate of drug-likeness (QED) is 0.173. The molecular formula is C38H41N3Ti+.